The van der Waals surface area contributed by atoms with Crippen LogP contribution in [0.4, 0.5) is 0 Å². The molecule has 5 unspecified atom stereocenters. The molecule has 9 N–H and O–H groups in total. The third kappa shape index (κ3) is 8.20. The van der Waals surface area contributed by atoms with E-state index < -0.39 is 60.6 Å². The highest BCUT2D eigenvalue weighted by Crippen LogP contribution is 2.12. The van der Waals surface area contributed by atoms with E-state index in [9.17, 15) is 34.5 Å². The van der Waals surface area contributed by atoms with E-state index in [1.807, 2.05) is 0 Å². The van der Waals surface area contributed by atoms with Crippen LogP contribution in [0.5, 0.6) is 5.75 Å². The lowest BCUT2D eigenvalue weighted by atomic mass is 10.0. The molecule has 0 heterocycles. The third-order valence-electron chi connectivity index (χ3n) is 4.38. The van der Waals surface area contributed by atoms with Crippen LogP contribution in [-0.2, 0) is 25.6 Å². The van der Waals surface area contributed by atoms with Gasteiger partial charge in [-0.15, -0.1) is 0 Å². The fourth-order valence-corrected chi connectivity index (χ4v) is 2.41. The van der Waals surface area contributed by atoms with Crippen molar-refractivity contribution in [3.05, 3.63) is 29.8 Å². The molecule has 0 aliphatic heterocycles. The van der Waals surface area contributed by atoms with Crippen LogP contribution in [0, 0.1) is 0 Å². The Morgan fingerprint density at radius 1 is 0.935 bits per heavy atom. The van der Waals surface area contributed by atoms with Gasteiger partial charge in [0.1, 0.15) is 29.9 Å². The molecule has 0 saturated carbocycles. The lowest BCUT2D eigenvalue weighted by Crippen LogP contribution is -2.59. The van der Waals surface area contributed by atoms with Crippen LogP contribution in [-0.4, -0.2) is 81.0 Å². The number of amides is 3. The lowest BCUT2D eigenvalue weighted by molar-refractivity contribution is -0.141. The third-order valence-corrected chi connectivity index (χ3v) is 4.38. The molecule has 0 aliphatic carbocycles. The Morgan fingerprint density at radius 2 is 1.45 bits per heavy atom. The van der Waals surface area contributed by atoms with E-state index in [2.05, 4.69) is 16.0 Å². The van der Waals surface area contributed by atoms with Gasteiger partial charge < -0.3 is 42.1 Å². The number of carbonyl (C=O) groups excluding carboxylic acids is 3. The van der Waals surface area contributed by atoms with E-state index in [1.54, 1.807) is 0 Å². The molecule has 1 aromatic carbocycles. The molecule has 12 heteroatoms. The summed E-state index contributed by atoms with van der Waals surface area (Å²) < 4.78 is 0. The first kappa shape index (κ1) is 25.8. The van der Waals surface area contributed by atoms with E-state index in [0.717, 1.165) is 0 Å². The predicted octanol–water partition coefficient (Wildman–Crippen LogP) is -2.81. The molecule has 1 aromatic rings. The Morgan fingerprint density at radius 3 is 1.94 bits per heavy atom. The van der Waals surface area contributed by atoms with Gasteiger partial charge >= 0.3 is 5.97 Å². The number of nitrogens with two attached hydrogens (primary N) is 1. The number of aliphatic hydroxyl groups excluding tert-OH is 2. The van der Waals surface area contributed by atoms with Crippen LogP contribution in [0.2, 0.25) is 0 Å². The molecule has 12 nitrogen and oxygen atoms in total. The molecule has 3 amide bonds. The Kier molecular flexibility index (Phi) is 9.86. The minimum absolute atomic E-state index is 0.00852. The summed E-state index contributed by atoms with van der Waals surface area (Å²) in [5.74, 6) is -3.90. The number of aliphatic carboxylic acids is 1. The number of nitrogens with one attached hydrogen (secondary N) is 3. The van der Waals surface area contributed by atoms with Crippen LogP contribution in [0.25, 0.3) is 0 Å². The Balaban J connectivity index is 2.98. The summed E-state index contributed by atoms with van der Waals surface area (Å²) in [6, 6.07) is 0.475. The molecule has 0 saturated heterocycles. The summed E-state index contributed by atoms with van der Waals surface area (Å²) in [5, 5.41) is 44.0. The summed E-state index contributed by atoms with van der Waals surface area (Å²) in [7, 11) is 0. The van der Waals surface area contributed by atoms with Gasteiger partial charge in [0.25, 0.3) is 0 Å². The molecule has 5 atom stereocenters. The van der Waals surface area contributed by atoms with Crippen LogP contribution in [0.1, 0.15) is 19.4 Å². The SMILES string of the molecule is CC(NC(=O)C(Cc1ccc(O)cc1)NC(=O)C(CO)NC(=O)C(N)C(C)O)C(=O)O. The largest absolute Gasteiger partial charge is 0.508 e. The van der Waals surface area contributed by atoms with E-state index in [4.69, 9.17) is 10.8 Å². The second kappa shape index (κ2) is 11.8. The first-order valence-electron chi connectivity index (χ1n) is 9.42. The highest BCUT2D eigenvalue weighted by atomic mass is 16.4. The molecule has 0 fully saturated rings. The lowest BCUT2D eigenvalue weighted by Gasteiger charge is -2.24. The summed E-state index contributed by atoms with van der Waals surface area (Å²) in [5.41, 5.74) is 6.04. The van der Waals surface area contributed by atoms with Crippen molar-refractivity contribution in [2.75, 3.05) is 6.61 Å². The molecule has 1 rings (SSSR count). The first-order valence-corrected chi connectivity index (χ1v) is 9.42. The first-order chi connectivity index (χ1) is 14.5. The van der Waals surface area contributed by atoms with E-state index in [-0.39, 0.29) is 12.2 Å². The van der Waals surface area contributed by atoms with Gasteiger partial charge in [0, 0.05) is 6.42 Å². The number of carboxylic acids is 1. The van der Waals surface area contributed by atoms with Gasteiger partial charge in [-0.1, -0.05) is 12.1 Å². The molecule has 172 valence electrons. The van der Waals surface area contributed by atoms with Gasteiger partial charge in [-0.3, -0.25) is 19.2 Å². The van der Waals surface area contributed by atoms with Crippen molar-refractivity contribution in [1.82, 2.24) is 16.0 Å². The predicted molar refractivity (Wildman–Crippen MR) is 108 cm³/mol. The number of aromatic hydroxyl groups is 1. The van der Waals surface area contributed by atoms with Crippen molar-refractivity contribution in [3.63, 3.8) is 0 Å². The van der Waals surface area contributed by atoms with Gasteiger partial charge in [0.2, 0.25) is 17.7 Å². The summed E-state index contributed by atoms with van der Waals surface area (Å²) in [4.78, 5) is 48.1. The Hall–Kier alpha value is -3.22. The van der Waals surface area contributed by atoms with E-state index in [1.165, 1.54) is 38.1 Å². The zero-order valence-corrected chi connectivity index (χ0v) is 17.1. The van der Waals surface area contributed by atoms with Gasteiger partial charge in [-0.25, -0.2) is 0 Å². The fraction of sp³-hybridized carbons (Fsp3) is 0.474. The number of carboxylic acid groups (broad SMARTS) is 1. The van der Waals surface area contributed by atoms with Crippen molar-refractivity contribution in [2.24, 2.45) is 5.73 Å². The van der Waals surface area contributed by atoms with Crippen molar-refractivity contribution in [1.29, 1.82) is 0 Å². The van der Waals surface area contributed by atoms with Crippen molar-refractivity contribution < 1.29 is 39.6 Å². The van der Waals surface area contributed by atoms with Gasteiger partial charge in [0.05, 0.1) is 12.7 Å². The van der Waals surface area contributed by atoms with Gasteiger partial charge in [0.15, 0.2) is 0 Å². The number of hydrogen-bond donors (Lipinski definition) is 8. The van der Waals surface area contributed by atoms with E-state index >= 15 is 0 Å². The number of carbonyl (C=O) groups is 4. The summed E-state index contributed by atoms with van der Waals surface area (Å²) in [6.45, 7) is 1.71. The number of benzene rings is 1. The standard InChI is InChI=1S/C19H28N4O8/c1-9(19(30)31)21-16(27)13(7-11-3-5-12(26)6-4-11)22-17(28)14(8-24)23-18(29)15(20)10(2)25/h3-6,9-10,13-15,24-26H,7-8,20H2,1-2H3,(H,21,27)(H,22,28)(H,23,29)(H,30,31). The minimum atomic E-state index is -1.47. The second-order valence-corrected chi connectivity index (χ2v) is 7.01. The van der Waals surface area contributed by atoms with Gasteiger partial charge in [-0.05, 0) is 31.5 Å². The second-order valence-electron chi connectivity index (χ2n) is 7.01. The normalized spacial score (nSPS) is 15.6. The monoisotopic (exact) mass is 440 g/mol. The highest BCUT2D eigenvalue weighted by Gasteiger charge is 2.30. The molecule has 0 radical (unpaired) electrons. The highest BCUT2D eigenvalue weighted by molar-refractivity contribution is 5.94. The molecule has 31 heavy (non-hydrogen) atoms. The quantitative estimate of drug-likeness (QED) is 0.178. The Labute approximate surface area is 178 Å². The number of hydrogen-bond acceptors (Lipinski definition) is 8. The zero-order valence-electron chi connectivity index (χ0n) is 17.1. The maximum atomic E-state index is 12.6. The molecular formula is C19H28N4O8. The number of aliphatic hydroxyl groups is 2. The molecule has 0 aromatic heterocycles. The maximum Gasteiger partial charge on any atom is 0.325 e. The minimum Gasteiger partial charge on any atom is -0.508 e. The summed E-state index contributed by atoms with van der Waals surface area (Å²) in [6.07, 6.45) is -1.27. The average Bonchev–Trinajstić information content (AvgIpc) is 2.71. The Bertz CT molecular complexity index is 784. The van der Waals surface area contributed by atoms with Crippen molar-refractivity contribution >= 4 is 23.7 Å². The number of phenols is 1. The van der Waals surface area contributed by atoms with Crippen molar-refractivity contribution in [2.45, 2.75) is 50.5 Å². The fourth-order valence-electron chi connectivity index (χ4n) is 2.41. The molecule has 0 aliphatic rings. The van der Waals surface area contributed by atoms with Crippen LogP contribution < -0.4 is 21.7 Å². The summed E-state index contributed by atoms with van der Waals surface area (Å²) >= 11 is 0. The van der Waals surface area contributed by atoms with Crippen LogP contribution in [0.3, 0.4) is 0 Å². The number of phenolic OH excluding ortho intramolecular Hbond substituents is 1. The topological polar surface area (TPSA) is 211 Å². The van der Waals surface area contributed by atoms with Crippen LogP contribution in [0.15, 0.2) is 24.3 Å². The maximum absolute atomic E-state index is 12.6. The number of rotatable bonds is 11. The van der Waals surface area contributed by atoms with Crippen molar-refractivity contribution in [3.8, 4) is 5.75 Å². The van der Waals surface area contributed by atoms with Crippen LogP contribution >= 0.6 is 0 Å². The molecule has 0 spiro atoms. The molecule has 0 bridgehead atoms. The van der Waals surface area contributed by atoms with Gasteiger partial charge in [-0.2, -0.15) is 0 Å². The van der Waals surface area contributed by atoms with E-state index in [0.29, 0.717) is 5.56 Å². The average molecular weight is 440 g/mol. The smallest absolute Gasteiger partial charge is 0.325 e. The molecular weight excluding hydrogens is 412 g/mol. The zero-order chi connectivity index (χ0) is 23.7.